The Morgan fingerprint density at radius 1 is 1.32 bits per heavy atom. The second-order valence-corrected chi connectivity index (χ2v) is 6.29. The van der Waals surface area contributed by atoms with Crippen molar-refractivity contribution in [3.63, 3.8) is 0 Å². The normalized spacial score (nSPS) is 10.9. The van der Waals surface area contributed by atoms with Crippen LogP contribution in [0.2, 0.25) is 0 Å². The van der Waals surface area contributed by atoms with Crippen LogP contribution in [-0.4, -0.2) is 27.5 Å². The fourth-order valence-corrected chi connectivity index (χ4v) is 2.29. The van der Waals surface area contributed by atoms with Gasteiger partial charge in [0.15, 0.2) is 0 Å². The smallest absolute Gasteiger partial charge is 0.208 e. The van der Waals surface area contributed by atoms with Crippen molar-refractivity contribution in [3.05, 3.63) is 34.6 Å². The number of hydrogen-bond donors (Lipinski definition) is 1. The summed E-state index contributed by atoms with van der Waals surface area (Å²) < 4.78 is 6.68. The van der Waals surface area contributed by atoms with Gasteiger partial charge in [-0.15, -0.1) is 5.10 Å². The van der Waals surface area contributed by atoms with E-state index in [1.165, 1.54) is 0 Å². The van der Waals surface area contributed by atoms with E-state index in [1.807, 2.05) is 24.3 Å². The minimum atomic E-state index is 0.376. The van der Waals surface area contributed by atoms with E-state index in [4.69, 9.17) is 4.74 Å². The van der Waals surface area contributed by atoms with Gasteiger partial charge in [0.05, 0.1) is 6.61 Å². The summed E-state index contributed by atoms with van der Waals surface area (Å²) >= 11 is 4.99. The molecule has 0 atom stereocenters. The minimum Gasteiger partial charge on any atom is -0.493 e. The molecule has 4 nitrogen and oxygen atoms in total. The van der Waals surface area contributed by atoms with Crippen molar-refractivity contribution in [1.82, 2.24) is 15.2 Å². The molecule has 1 heterocycles. The number of benzene rings is 1. The maximum atomic E-state index is 5.63. The lowest BCUT2D eigenvalue weighted by molar-refractivity contribution is 0.344. The maximum absolute atomic E-state index is 5.63. The Hall–Kier alpha value is -1.01. The fraction of sp³-hybridized carbons (Fsp3) is 0.385. The lowest BCUT2D eigenvalue weighted by Crippen LogP contribution is -2.00. The van der Waals surface area contributed by atoms with Crippen molar-refractivity contribution < 1.29 is 4.74 Å². The standard InChI is InChI=1S/C13H16BrN3OS/c1-9(2)12-15-13(17-16-12)19-8-7-18-11-5-3-10(14)4-6-11/h3-6,9H,7-8H2,1-2H3,(H,15,16,17). The first-order valence-corrected chi connectivity index (χ1v) is 7.86. The molecule has 102 valence electrons. The molecule has 0 saturated carbocycles. The highest BCUT2D eigenvalue weighted by Gasteiger charge is 2.06. The van der Waals surface area contributed by atoms with E-state index in [-0.39, 0.29) is 0 Å². The van der Waals surface area contributed by atoms with Gasteiger partial charge in [0.2, 0.25) is 5.16 Å². The quantitative estimate of drug-likeness (QED) is 0.640. The van der Waals surface area contributed by atoms with Crippen LogP contribution < -0.4 is 4.74 Å². The average Bonchev–Trinajstić information content (AvgIpc) is 2.86. The fourth-order valence-electron chi connectivity index (χ4n) is 1.40. The van der Waals surface area contributed by atoms with Crippen LogP contribution in [0.15, 0.2) is 33.9 Å². The summed E-state index contributed by atoms with van der Waals surface area (Å²) in [5.74, 6) is 3.00. The zero-order chi connectivity index (χ0) is 13.7. The van der Waals surface area contributed by atoms with Crippen LogP contribution in [0.25, 0.3) is 0 Å². The minimum absolute atomic E-state index is 0.376. The lowest BCUT2D eigenvalue weighted by atomic mass is 10.2. The third-order valence-corrected chi connectivity index (χ3v) is 3.77. The number of hydrogen-bond acceptors (Lipinski definition) is 4. The number of ether oxygens (including phenoxy) is 1. The predicted octanol–water partition coefficient (Wildman–Crippen LogP) is 3.86. The van der Waals surface area contributed by atoms with E-state index in [2.05, 4.69) is 45.0 Å². The highest BCUT2D eigenvalue weighted by Crippen LogP contribution is 2.18. The van der Waals surface area contributed by atoms with E-state index in [9.17, 15) is 0 Å². The Morgan fingerprint density at radius 2 is 2.05 bits per heavy atom. The molecule has 2 aromatic rings. The Morgan fingerprint density at radius 3 is 2.68 bits per heavy atom. The first-order valence-electron chi connectivity index (χ1n) is 6.08. The average molecular weight is 342 g/mol. The van der Waals surface area contributed by atoms with Crippen molar-refractivity contribution in [2.45, 2.75) is 24.9 Å². The second kappa shape index (κ2) is 6.96. The molecule has 0 bridgehead atoms. The van der Waals surface area contributed by atoms with E-state index in [1.54, 1.807) is 11.8 Å². The largest absolute Gasteiger partial charge is 0.493 e. The molecule has 0 saturated heterocycles. The number of thioether (sulfide) groups is 1. The molecule has 0 aliphatic heterocycles. The number of rotatable bonds is 6. The van der Waals surface area contributed by atoms with E-state index < -0.39 is 0 Å². The van der Waals surface area contributed by atoms with Gasteiger partial charge < -0.3 is 4.74 Å². The predicted molar refractivity (Wildman–Crippen MR) is 80.8 cm³/mol. The molecule has 1 N–H and O–H groups in total. The summed E-state index contributed by atoms with van der Waals surface area (Å²) in [7, 11) is 0. The van der Waals surface area contributed by atoms with Crippen LogP contribution in [0.5, 0.6) is 5.75 Å². The number of nitrogens with zero attached hydrogens (tertiary/aromatic N) is 2. The number of aromatic nitrogens is 3. The van der Waals surface area contributed by atoms with E-state index >= 15 is 0 Å². The molecular formula is C13H16BrN3OS. The highest BCUT2D eigenvalue weighted by molar-refractivity contribution is 9.10. The van der Waals surface area contributed by atoms with Crippen LogP contribution in [0.3, 0.4) is 0 Å². The van der Waals surface area contributed by atoms with Gasteiger partial charge in [-0.2, -0.15) is 0 Å². The third-order valence-electron chi connectivity index (χ3n) is 2.43. The SMILES string of the molecule is CC(C)c1nc(SCCOc2ccc(Br)cc2)n[nH]1. The van der Waals surface area contributed by atoms with Gasteiger partial charge in [0.1, 0.15) is 11.6 Å². The highest BCUT2D eigenvalue weighted by atomic mass is 79.9. The maximum Gasteiger partial charge on any atom is 0.208 e. The molecule has 2 rings (SSSR count). The molecule has 0 aliphatic carbocycles. The summed E-state index contributed by atoms with van der Waals surface area (Å²) in [5.41, 5.74) is 0. The first-order chi connectivity index (χ1) is 9.15. The van der Waals surface area contributed by atoms with E-state index in [0.29, 0.717) is 12.5 Å². The summed E-state index contributed by atoms with van der Waals surface area (Å²) in [5, 5.41) is 7.88. The van der Waals surface area contributed by atoms with Gasteiger partial charge >= 0.3 is 0 Å². The molecule has 0 radical (unpaired) electrons. The first kappa shape index (κ1) is 14.4. The van der Waals surface area contributed by atoms with Gasteiger partial charge in [0, 0.05) is 16.1 Å². The molecule has 6 heteroatoms. The van der Waals surface area contributed by atoms with Gasteiger partial charge in [-0.3, -0.25) is 5.10 Å². The summed E-state index contributed by atoms with van der Waals surface area (Å²) in [4.78, 5) is 4.40. The molecule has 1 aromatic heterocycles. The zero-order valence-corrected chi connectivity index (χ0v) is 13.3. The van der Waals surface area contributed by atoms with Crippen molar-refractivity contribution in [2.24, 2.45) is 0 Å². The zero-order valence-electron chi connectivity index (χ0n) is 10.9. The molecular weight excluding hydrogens is 326 g/mol. The van der Waals surface area contributed by atoms with Crippen LogP contribution in [0.4, 0.5) is 0 Å². The van der Waals surface area contributed by atoms with Crippen LogP contribution in [0.1, 0.15) is 25.6 Å². The Kier molecular flexibility index (Phi) is 5.27. The van der Waals surface area contributed by atoms with Gasteiger partial charge in [-0.05, 0) is 24.3 Å². The molecule has 0 unspecified atom stereocenters. The monoisotopic (exact) mass is 341 g/mol. The Bertz CT molecular complexity index is 513. The number of aromatic amines is 1. The molecule has 0 aliphatic rings. The molecule has 0 amide bonds. The van der Waals surface area contributed by atoms with Gasteiger partial charge in [0.25, 0.3) is 0 Å². The Balaban J connectivity index is 1.72. The summed E-state index contributed by atoms with van der Waals surface area (Å²) in [6.45, 7) is 4.81. The Labute approximate surface area is 125 Å². The van der Waals surface area contributed by atoms with Crippen molar-refractivity contribution in [2.75, 3.05) is 12.4 Å². The van der Waals surface area contributed by atoms with Crippen LogP contribution >= 0.6 is 27.7 Å². The van der Waals surface area contributed by atoms with Crippen molar-refractivity contribution in [3.8, 4) is 5.75 Å². The molecule has 1 aromatic carbocycles. The van der Waals surface area contributed by atoms with Crippen LogP contribution in [0, 0.1) is 0 Å². The second-order valence-electron chi connectivity index (χ2n) is 4.31. The molecule has 0 spiro atoms. The molecule has 0 fully saturated rings. The van der Waals surface area contributed by atoms with Crippen molar-refractivity contribution in [1.29, 1.82) is 0 Å². The van der Waals surface area contributed by atoms with Crippen LogP contribution in [-0.2, 0) is 0 Å². The topological polar surface area (TPSA) is 50.8 Å². The summed E-state index contributed by atoms with van der Waals surface area (Å²) in [6.07, 6.45) is 0. The van der Waals surface area contributed by atoms with Gasteiger partial charge in [-0.25, -0.2) is 4.98 Å². The van der Waals surface area contributed by atoms with Crippen molar-refractivity contribution >= 4 is 27.7 Å². The number of halogens is 1. The number of H-pyrrole nitrogens is 1. The lowest BCUT2D eigenvalue weighted by Gasteiger charge is -2.04. The van der Waals surface area contributed by atoms with Gasteiger partial charge in [-0.1, -0.05) is 41.5 Å². The molecule has 19 heavy (non-hydrogen) atoms. The third kappa shape index (κ3) is 4.54. The number of nitrogens with one attached hydrogen (secondary N) is 1. The summed E-state index contributed by atoms with van der Waals surface area (Å²) in [6, 6.07) is 7.82. The van der Waals surface area contributed by atoms with E-state index in [0.717, 1.165) is 27.0 Å².